The predicted molar refractivity (Wildman–Crippen MR) is 82.6 cm³/mol. The third-order valence-electron chi connectivity index (χ3n) is 2.74. The quantitative estimate of drug-likeness (QED) is 0.821. The number of nitrogens with one attached hydrogen (secondary N) is 2. The molecule has 0 aromatic heterocycles. The molecule has 0 radical (unpaired) electrons. The average Bonchev–Trinajstić information content (AvgIpc) is 2.54. The Morgan fingerprint density at radius 3 is 1.81 bits per heavy atom. The summed E-state index contributed by atoms with van der Waals surface area (Å²) in [7, 11) is 3.18. The third-order valence-corrected chi connectivity index (χ3v) is 2.74. The van der Waals surface area contributed by atoms with Gasteiger partial charge in [0.1, 0.15) is 0 Å². The maximum Gasteiger partial charge on any atom is 0.411 e. The van der Waals surface area contributed by atoms with E-state index in [1.807, 2.05) is 31.3 Å². The molecule has 2 aromatic carbocycles. The van der Waals surface area contributed by atoms with E-state index >= 15 is 0 Å². The summed E-state index contributed by atoms with van der Waals surface area (Å²) in [5.74, 6) is 0. The topological polar surface area (TPSA) is 75.1 Å². The molecule has 0 bridgehead atoms. The van der Waals surface area contributed by atoms with Crippen LogP contribution in [0.4, 0.5) is 27.5 Å². The molecule has 6 nitrogen and oxygen atoms in total. The SMILES string of the molecule is CNc1ccc(/N=N/c2ccc(NC(=O)OC)cc2)cc1. The Hall–Kier alpha value is -2.89. The van der Waals surface area contributed by atoms with Gasteiger partial charge in [-0.25, -0.2) is 4.79 Å². The van der Waals surface area contributed by atoms with Crippen LogP contribution < -0.4 is 10.6 Å². The zero-order chi connectivity index (χ0) is 15.1. The fourth-order valence-corrected chi connectivity index (χ4v) is 1.59. The lowest BCUT2D eigenvalue weighted by atomic mass is 10.3. The summed E-state index contributed by atoms with van der Waals surface area (Å²) in [6.45, 7) is 0. The van der Waals surface area contributed by atoms with E-state index in [1.165, 1.54) is 7.11 Å². The minimum atomic E-state index is -0.506. The van der Waals surface area contributed by atoms with Gasteiger partial charge < -0.3 is 10.1 Å². The molecule has 0 aliphatic rings. The number of nitrogens with zero attached hydrogens (tertiary/aromatic N) is 2. The lowest BCUT2D eigenvalue weighted by Gasteiger charge is -2.03. The summed E-state index contributed by atoms with van der Waals surface area (Å²) < 4.78 is 4.51. The van der Waals surface area contributed by atoms with Crippen LogP contribution in [0, 0.1) is 0 Å². The number of rotatable bonds is 4. The van der Waals surface area contributed by atoms with Crippen LogP contribution in [0.1, 0.15) is 0 Å². The highest BCUT2D eigenvalue weighted by molar-refractivity contribution is 5.84. The molecule has 0 spiro atoms. The molecule has 0 unspecified atom stereocenters. The van der Waals surface area contributed by atoms with E-state index in [0.717, 1.165) is 11.4 Å². The molecule has 0 saturated heterocycles. The number of methoxy groups -OCH3 is 1. The number of carbonyl (C=O) groups is 1. The van der Waals surface area contributed by atoms with E-state index in [-0.39, 0.29) is 0 Å². The first-order chi connectivity index (χ1) is 10.2. The van der Waals surface area contributed by atoms with Crippen LogP contribution in [-0.4, -0.2) is 20.3 Å². The number of carbonyl (C=O) groups excluding carboxylic acids is 1. The number of azo groups is 1. The Morgan fingerprint density at radius 1 is 0.905 bits per heavy atom. The Kier molecular flexibility index (Phi) is 4.87. The number of hydrogen-bond acceptors (Lipinski definition) is 5. The highest BCUT2D eigenvalue weighted by Crippen LogP contribution is 2.21. The van der Waals surface area contributed by atoms with E-state index in [0.29, 0.717) is 11.4 Å². The highest BCUT2D eigenvalue weighted by Gasteiger charge is 1.99. The van der Waals surface area contributed by atoms with E-state index in [2.05, 4.69) is 25.6 Å². The summed E-state index contributed by atoms with van der Waals surface area (Å²) in [6, 6.07) is 14.6. The number of benzene rings is 2. The van der Waals surface area contributed by atoms with Crippen LogP contribution in [-0.2, 0) is 4.74 Å². The third kappa shape index (κ3) is 4.31. The molecule has 6 heteroatoms. The van der Waals surface area contributed by atoms with Gasteiger partial charge in [0.25, 0.3) is 0 Å². The lowest BCUT2D eigenvalue weighted by Crippen LogP contribution is -2.10. The van der Waals surface area contributed by atoms with Crippen molar-refractivity contribution < 1.29 is 9.53 Å². The second kappa shape index (κ2) is 7.04. The zero-order valence-corrected chi connectivity index (χ0v) is 11.8. The molecule has 1 amide bonds. The first-order valence-corrected chi connectivity index (χ1v) is 6.36. The maximum absolute atomic E-state index is 11.0. The second-order valence-corrected chi connectivity index (χ2v) is 4.16. The summed E-state index contributed by atoms with van der Waals surface area (Å²) in [4.78, 5) is 11.0. The van der Waals surface area contributed by atoms with Gasteiger partial charge >= 0.3 is 6.09 Å². The standard InChI is InChI=1S/C15H16N4O2/c1-16-11-3-7-13(8-4-11)18-19-14-9-5-12(6-10-14)17-15(20)21-2/h3-10,16H,1-2H3,(H,17,20)/b19-18+. The number of amides is 1. The summed E-state index contributed by atoms with van der Waals surface area (Å²) >= 11 is 0. The zero-order valence-electron chi connectivity index (χ0n) is 11.8. The molecule has 2 aromatic rings. The molecule has 0 atom stereocenters. The predicted octanol–water partition coefficient (Wildman–Crippen LogP) is 4.32. The van der Waals surface area contributed by atoms with Gasteiger partial charge in [0.15, 0.2) is 0 Å². The van der Waals surface area contributed by atoms with Crippen molar-refractivity contribution in [2.45, 2.75) is 0 Å². The largest absolute Gasteiger partial charge is 0.453 e. The summed E-state index contributed by atoms with van der Waals surface area (Å²) in [6.07, 6.45) is -0.506. The minimum Gasteiger partial charge on any atom is -0.453 e. The molecule has 108 valence electrons. The first-order valence-electron chi connectivity index (χ1n) is 6.36. The second-order valence-electron chi connectivity index (χ2n) is 4.16. The Labute approximate surface area is 122 Å². The Morgan fingerprint density at radius 2 is 1.38 bits per heavy atom. The van der Waals surface area contributed by atoms with Gasteiger partial charge in [-0.05, 0) is 48.5 Å². The normalized spacial score (nSPS) is 10.4. The van der Waals surface area contributed by atoms with Crippen molar-refractivity contribution >= 4 is 28.8 Å². The lowest BCUT2D eigenvalue weighted by molar-refractivity contribution is 0.187. The van der Waals surface area contributed by atoms with Crippen molar-refractivity contribution in [2.75, 3.05) is 24.8 Å². The fourth-order valence-electron chi connectivity index (χ4n) is 1.59. The molecule has 0 heterocycles. The monoisotopic (exact) mass is 284 g/mol. The van der Waals surface area contributed by atoms with E-state index in [1.54, 1.807) is 24.3 Å². The Bertz CT molecular complexity index is 621. The Balaban J connectivity index is 2.01. The molecular weight excluding hydrogens is 268 g/mol. The van der Waals surface area contributed by atoms with Gasteiger partial charge in [-0.1, -0.05) is 0 Å². The minimum absolute atomic E-state index is 0.506. The number of anilines is 2. The molecule has 0 aliphatic heterocycles. The first kappa shape index (κ1) is 14.5. The fraction of sp³-hybridized carbons (Fsp3) is 0.133. The van der Waals surface area contributed by atoms with E-state index < -0.39 is 6.09 Å². The van der Waals surface area contributed by atoms with Crippen LogP contribution in [0.15, 0.2) is 58.8 Å². The van der Waals surface area contributed by atoms with Gasteiger partial charge in [0.05, 0.1) is 18.5 Å². The maximum atomic E-state index is 11.0. The smallest absolute Gasteiger partial charge is 0.411 e. The van der Waals surface area contributed by atoms with Crippen molar-refractivity contribution in [3.05, 3.63) is 48.5 Å². The molecule has 0 saturated carbocycles. The number of hydrogen-bond donors (Lipinski definition) is 2. The van der Waals surface area contributed by atoms with Gasteiger partial charge in [0.2, 0.25) is 0 Å². The van der Waals surface area contributed by atoms with Gasteiger partial charge in [-0.3, -0.25) is 5.32 Å². The van der Waals surface area contributed by atoms with Gasteiger partial charge in [-0.15, -0.1) is 0 Å². The van der Waals surface area contributed by atoms with E-state index in [4.69, 9.17) is 0 Å². The van der Waals surface area contributed by atoms with Crippen molar-refractivity contribution in [3.8, 4) is 0 Å². The van der Waals surface area contributed by atoms with Crippen molar-refractivity contribution in [2.24, 2.45) is 10.2 Å². The molecule has 21 heavy (non-hydrogen) atoms. The molecule has 2 rings (SSSR count). The van der Waals surface area contributed by atoms with Crippen molar-refractivity contribution in [3.63, 3.8) is 0 Å². The molecule has 2 N–H and O–H groups in total. The average molecular weight is 284 g/mol. The molecule has 0 aliphatic carbocycles. The molecular formula is C15H16N4O2. The highest BCUT2D eigenvalue weighted by atomic mass is 16.5. The van der Waals surface area contributed by atoms with Crippen LogP contribution in [0.3, 0.4) is 0 Å². The van der Waals surface area contributed by atoms with E-state index in [9.17, 15) is 4.79 Å². The van der Waals surface area contributed by atoms with Crippen LogP contribution in [0.2, 0.25) is 0 Å². The van der Waals surface area contributed by atoms with Crippen LogP contribution in [0.25, 0.3) is 0 Å². The summed E-state index contributed by atoms with van der Waals surface area (Å²) in [5, 5.41) is 13.9. The number of ether oxygens (including phenoxy) is 1. The van der Waals surface area contributed by atoms with Crippen LogP contribution >= 0.6 is 0 Å². The van der Waals surface area contributed by atoms with Crippen molar-refractivity contribution in [1.82, 2.24) is 0 Å². The van der Waals surface area contributed by atoms with Crippen LogP contribution in [0.5, 0.6) is 0 Å². The van der Waals surface area contributed by atoms with Gasteiger partial charge in [0, 0.05) is 18.4 Å². The van der Waals surface area contributed by atoms with Crippen molar-refractivity contribution in [1.29, 1.82) is 0 Å². The molecule has 0 fully saturated rings. The summed E-state index contributed by atoms with van der Waals surface area (Å²) in [5.41, 5.74) is 3.13. The van der Waals surface area contributed by atoms with Gasteiger partial charge in [-0.2, -0.15) is 10.2 Å².